The van der Waals surface area contributed by atoms with Crippen molar-refractivity contribution in [3.05, 3.63) is 0 Å². The Bertz CT molecular complexity index is 653. The molecule has 4 amide bonds. The second-order valence-corrected chi connectivity index (χ2v) is 8.41. The Kier molecular flexibility index (Phi) is 7.77. The molecule has 0 bridgehead atoms. The highest BCUT2D eigenvalue weighted by molar-refractivity contribution is 6.01. The first kappa shape index (κ1) is 24.4. The van der Waals surface area contributed by atoms with Crippen LogP contribution in [0.5, 0.6) is 0 Å². The highest BCUT2D eigenvalue weighted by Gasteiger charge is 2.48. The van der Waals surface area contributed by atoms with Gasteiger partial charge in [0, 0.05) is 19.4 Å². The number of carbonyl (C=O) groups excluding carboxylic acids is 3. The number of aliphatic hydroxyl groups is 2. The Balaban J connectivity index is 2.07. The zero-order valence-corrected chi connectivity index (χ0v) is 17.9. The largest absolute Gasteiger partial charge is 0.394 e. The molecule has 12 heteroatoms. The van der Waals surface area contributed by atoms with Gasteiger partial charge in [-0.3, -0.25) is 24.7 Å². The molecule has 172 valence electrons. The van der Waals surface area contributed by atoms with E-state index in [1.165, 1.54) is 4.90 Å². The molecular formula is C18H34N6O6. The van der Waals surface area contributed by atoms with Crippen molar-refractivity contribution in [3.8, 4) is 0 Å². The number of aliphatic hydroxyl groups excluding tert-OH is 2. The first-order chi connectivity index (χ1) is 13.9. The third-order valence-electron chi connectivity index (χ3n) is 5.59. The summed E-state index contributed by atoms with van der Waals surface area (Å²) in [6.45, 7) is 6.36. The molecule has 0 spiro atoms. The van der Waals surface area contributed by atoms with E-state index in [-0.39, 0.29) is 26.0 Å². The zero-order chi connectivity index (χ0) is 22.8. The van der Waals surface area contributed by atoms with Crippen molar-refractivity contribution in [3.63, 3.8) is 0 Å². The van der Waals surface area contributed by atoms with Crippen LogP contribution >= 0.6 is 0 Å². The van der Waals surface area contributed by atoms with Crippen LogP contribution in [0.15, 0.2) is 0 Å². The highest BCUT2D eigenvalue weighted by atomic mass is 16.5. The molecule has 4 unspecified atom stereocenters. The quantitative estimate of drug-likeness (QED) is 0.232. The van der Waals surface area contributed by atoms with Crippen LogP contribution in [-0.4, -0.2) is 87.9 Å². The van der Waals surface area contributed by atoms with E-state index in [4.69, 9.17) is 16.2 Å². The fraction of sp³-hybridized carbons (Fsp3) is 0.833. The SMILES string of the molecule is CC(N)N(C(C)N)C(C)NC(=O)CC1(C)CN([C@H]2C[C@H](O)[C@@H](CO)O2)C(=O)NC1=O. The number of ether oxygens (including phenoxy) is 1. The van der Waals surface area contributed by atoms with E-state index in [9.17, 15) is 24.6 Å². The molecule has 2 aliphatic heterocycles. The van der Waals surface area contributed by atoms with Gasteiger partial charge in [0.15, 0.2) is 0 Å². The van der Waals surface area contributed by atoms with Crippen LogP contribution in [0.3, 0.4) is 0 Å². The number of rotatable bonds is 8. The van der Waals surface area contributed by atoms with Crippen molar-refractivity contribution in [2.24, 2.45) is 16.9 Å². The summed E-state index contributed by atoms with van der Waals surface area (Å²) in [6, 6.07) is -0.665. The summed E-state index contributed by atoms with van der Waals surface area (Å²) in [5, 5.41) is 24.3. The van der Waals surface area contributed by atoms with Crippen molar-refractivity contribution in [2.75, 3.05) is 13.2 Å². The number of amides is 4. The van der Waals surface area contributed by atoms with Crippen molar-refractivity contribution < 1.29 is 29.3 Å². The van der Waals surface area contributed by atoms with E-state index in [1.54, 1.807) is 32.6 Å². The molecule has 30 heavy (non-hydrogen) atoms. The van der Waals surface area contributed by atoms with Crippen molar-refractivity contribution in [1.29, 1.82) is 0 Å². The van der Waals surface area contributed by atoms with Gasteiger partial charge in [0.1, 0.15) is 12.3 Å². The standard InChI is InChI=1S/C18H34N6O6/c1-9(19)24(10(2)20)11(3)21-14(27)6-18(4)8-23(17(29)22-16(18)28)15-5-12(26)13(7-25)30-15/h9-13,15,25-26H,5-8,19-20H2,1-4H3,(H,21,27)(H,22,28,29)/t9?,10?,11?,12-,13+,15+,18?/m0/s1. The number of hydrogen-bond acceptors (Lipinski definition) is 9. The lowest BCUT2D eigenvalue weighted by Gasteiger charge is -2.41. The van der Waals surface area contributed by atoms with E-state index >= 15 is 0 Å². The van der Waals surface area contributed by atoms with E-state index in [0.29, 0.717) is 0 Å². The Labute approximate surface area is 175 Å². The second kappa shape index (κ2) is 9.54. The maximum Gasteiger partial charge on any atom is 0.326 e. The Morgan fingerprint density at radius 1 is 1.37 bits per heavy atom. The number of nitrogens with zero attached hydrogens (tertiary/aromatic N) is 2. The predicted molar refractivity (Wildman–Crippen MR) is 106 cm³/mol. The lowest BCUT2D eigenvalue weighted by molar-refractivity contribution is -0.142. The Morgan fingerprint density at radius 2 is 1.97 bits per heavy atom. The first-order valence-corrected chi connectivity index (χ1v) is 10.0. The van der Waals surface area contributed by atoms with Crippen LogP contribution < -0.4 is 22.1 Å². The van der Waals surface area contributed by atoms with E-state index in [2.05, 4.69) is 10.6 Å². The molecule has 2 rings (SSSR count). The maximum absolute atomic E-state index is 12.7. The number of hydrogen-bond donors (Lipinski definition) is 6. The molecule has 2 aliphatic rings. The number of nitrogens with two attached hydrogens (primary N) is 2. The lowest BCUT2D eigenvalue weighted by Crippen LogP contribution is -2.63. The molecular weight excluding hydrogens is 396 g/mol. The van der Waals surface area contributed by atoms with E-state index in [1.807, 2.05) is 0 Å². The molecule has 0 aromatic carbocycles. The van der Waals surface area contributed by atoms with Gasteiger partial charge in [-0.25, -0.2) is 4.79 Å². The molecule has 12 nitrogen and oxygen atoms in total. The zero-order valence-electron chi connectivity index (χ0n) is 17.9. The van der Waals surface area contributed by atoms with Crippen LogP contribution in [0.25, 0.3) is 0 Å². The van der Waals surface area contributed by atoms with Crippen LogP contribution in [0.4, 0.5) is 4.79 Å². The highest BCUT2D eigenvalue weighted by Crippen LogP contribution is 2.32. The molecule has 0 aliphatic carbocycles. The lowest BCUT2D eigenvalue weighted by atomic mass is 9.83. The monoisotopic (exact) mass is 430 g/mol. The van der Waals surface area contributed by atoms with Crippen molar-refractivity contribution >= 4 is 17.8 Å². The van der Waals surface area contributed by atoms with Gasteiger partial charge in [0.05, 0.1) is 36.6 Å². The first-order valence-electron chi connectivity index (χ1n) is 10.0. The fourth-order valence-electron chi connectivity index (χ4n) is 4.07. The van der Waals surface area contributed by atoms with Gasteiger partial charge in [-0.05, 0) is 27.7 Å². The summed E-state index contributed by atoms with van der Waals surface area (Å²) >= 11 is 0. The average Bonchev–Trinajstić information content (AvgIpc) is 2.98. The summed E-state index contributed by atoms with van der Waals surface area (Å²) in [4.78, 5) is 40.5. The fourth-order valence-corrected chi connectivity index (χ4v) is 4.07. The maximum atomic E-state index is 12.7. The molecule has 0 aromatic rings. The summed E-state index contributed by atoms with van der Waals surface area (Å²) in [7, 11) is 0. The number of nitrogens with one attached hydrogen (secondary N) is 2. The van der Waals surface area contributed by atoms with Crippen LogP contribution in [0.1, 0.15) is 40.5 Å². The van der Waals surface area contributed by atoms with Crippen LogP contribution in [-0.2, 0) is 14.3 Å². The molecule has 8 N–H and O–H groups in total. The minimum Gasteiger partial charge on any atom is -0.394 e. The molecule has 7 atom stereocenters. The molecule has 0 radical (unpaired) electrons. The number of carbonyl (C=O) groups is 3. The normalized spacial score (nSPS) is 32.7. The minimum atomic E-state index is -1.21. The molecule has 2 heterocycles. The van der Waals surface area contributed by atoms with E-state index < -0.39 is 60.2 Å². The molecule has 0 saturated carbocycles. The summed E-state index contributed by atoms with van der Waals surface area (Å²) in [6.07, 6.45) is -3.88. The van der Waals surface area contributed by atoms with Gasteiger partial charge in [0.25, 0.3) is 0 Å². The number of urea groups is 1. The smallest absolute Gasteiger partial charge is 0.326 e. The third-order valence-corrected chi connectivity index (χ3v) is 5.59. The molecule has 2 saturated heterocycles. The third kappa shape index (κ3) is 5.25. The Morgan fingerprint density at radius 3 is 2.47 bits per heavy atom. The van der Waals surface area contributed by atoms with Crippen LogP contribution in [0, 0.1) is 5.41 Å². The minimum absolute atomic E-state index is 0.0701. The number of imide groups is 1. The van der Waals surface area contributed by atoms with Crippen molar-refractivity contribution in [1.82, 2.24) is 20.4 Å². The predicted octanol–water partition coefficient (Wildman–Crippen LogP) is -2.22. The second-order valence-electron chi connectivity index (χ2n) is 8.41. The van der Waals surface area contributed by atoms with Gasteiger partial charge in [-0.2, -0.15) is 0 Å². The van der Waals surface area contributed by atoms with Gasteiger partial charge < -0.3 is 31.7 Å². The van der Waals surface area contributed by atoms with Gasteiger partial charge in [-0.15, -0.1) is 0 Å². The Hall–Kier alpha value is -1.83. The van der Waals surface area contributed by atoms with Gasteiger partial charge in [0.2, 0.25) is 11.8 Å². The summed E-state index contributed by atoms with van der Waals surface area (Å²) in [5.41, 5.74) is 10.6. The van der Waals surface area contributed by atoms with Gasteiger partial charge >= 0.3 is 6.03 Å². The molecule has 0 aromatic heterocycles. The molecule has 2 fully saturated rings. The topological polar surface area (TPSA) is 183 Å². The average molecular weight is 431 g/mol. The van der Waals surface area contributed by atoms with Crippen molar-refractivity contribution in [2.45, 2.75) is 77.5 Å². The van der Waals surface area contributed by atoms with Gasteiger partial charge in [-0.1, -0.05) is 0 Å². The summed E-state index contributed by atoms with van der Waals surface area (Å²) < 4.78 is 5.53. The summed E-state index contributed by atoms with van der Waals surface area (Å²) in [5.74, 6) is -0.971. The van der Waals surface area contributed by atoms with E-state index in [0.717, 1.165) is 0 Å². The van der Waals surface area contributed by atoms with Crippen LogP contribution in [0.2, 0.25) is 0 Å².